The Labute approximate surface area is 89.6 Å². The number of rotatable bonds is 0. The Bertz CT molecular complexity index is 749. The summed E-state index contributed by atoms with van der Waals surface area (Å²) >= 11 is 0. The third-order valence-electron chi connectivity index (χ3n) is 2.33. The lowest BCUT2D eigenvalue weighted by Crippen LogP contribution is -2.18. The van der Waals surface area contributed by atoms with E-state index in [1.165, 1.54) is 4.63 Å². The van der Waals surface area contributed by atoms with Crippen molar-refractivity contribution in [1.29, 1.82) is 0 Å². The van der Waals surface area contributed by atoms with Crippen LogP contribution in [0.2, 0.25) is 0 Å². The monoisotopic (exact) mass is 213 g/mol. The summed E-state index contributed by atoms with van der Waals surface area (Å²) in [6.45, 7) is 1.60. The van der Waals surface area contributed by atoms with Crippen LogP contribution in [0.4, 0.5) is 0 Å². The second-order valence-corrected chi connectivity index (χ2v) is 3.42. The Hall–Kier alpha value is -2.37. The number of nitrogens with zero attached hydrogens (tertiary/aromatic N) is 5. The van der Waals surface area contributed by atoms with Gasteiger partial charge in [0, 0.05) is 5.39 Å². The van der Waals surface area contributed by atoms with Crippen molar-refractivity contribution in [2.75, 3.05) is 0 Å². The van der Waals surface area contributed by atoms with Crippen molar-refractivity contribution in [3.05, 3.63) is 40.3 Å². The van der Waals surface area contributed by atoms with Gasteiger partial charge in [0.1, 0.15) is 5.69 Å². The Kier molecular flexibility index (Phi) is 1.70. The minimum absolute atomic E-state index is 0.307. The van der Waals surface area contributed by atoms with E-state index < -0.39 is 0 Å². The van der Waals surface area contributed by atoms with Crippen LogP contribution in [-0.4, -0.2) is 25.0 Å². The van der Waals surface area contributed by atoms with E-state index in [0.29, 0.717) is 16.9 Å². The summed E-state index contributed by atoms with van der Waals surface area (Å²) < 4.78 is 1.28. The lowest BCUT2D eigenvalue weighted by molar-refractivity contribution is 0.686. The van der Waals surface area contributed by atoms with Gasteiger partial charge >= 0.3 is 0 Å². The van der Waals surface area contributed by atoms with Crippen molar-refractivity contribution >= 4 is 16.6 Å². The molecular formula is C10H7N5O. The number of benzene rings is 1. The zero-order chi connectivity index (χ0) is 11.1. The van der Waals surface area contributed by atoms with Gasteiger partial charge in [-0.25, -0.2) is 0 Å². The molecule has 0 N–H and O–H groups in total. The van der Waals surface area contributed by atoms with E-state index in [0.717, 1.165) is 5.39 Å². The number of hydrogen-bond donors (Lipinski definition) is 0. The van der Waals surface area contributed by atoms with Gasteiger partial charge in [0.2, 0.25) is 0 Å². The molecule has 0 atom stereocenters. The van der Waals surface area contributed by atoms with Crippen LogP contribution in [0, 0.1) is 6.92 Å². The molecule has 78 valence electrons. The second-order valence-electron chi connectivity index (χ2n) is 3.42. The molecule has 6 nitrogen and oxygen atoms in total. The largest absolute Gasteiger partial charge is 0.295 e. The van der Waals surface area contributed by atoms with Crippen molar-refractivity contribution < 1.29 is 0 Å². The molecule has 0 saturated carbocycles. The number of fused-ring (bicyclic) bond motifs is 3. The van der Waals surface area contributed by atoms with Crippen molar-refractivity contribution in [2.24, 2.45) is 0 Å². The summed E-state index contributed by atoms with van der Waals surface area (Å²) in [5.74, 6) is 0. The zero-order valence-electron chi connectivity index (χ0n) is 8.45. The molecule has 0 unspecified atom stereocenters. The molecular weight excluding hydrogens is 206 g/mol. The maximum Gasteiger partial charge on any atom is 0.295 e. The molecule has 0 aliphatic carbocycles. The average Bonchev–Trinajstić information content (AvgIpc) is 2.31. The minimum atomic E-state index is -0.335. The van der Waals surface area contributed by atoms with E-state index in [9.17, 15) is 4.79 Å². The number of hydrogen-bond acceptors (Lipinski definition) is 5. The first-order valence-electron chi connectivity index (χ1n) is 4.75. The lowest BCUT2D eigenvalue weighted by Gasteiger charge is -2.01. The van der Waals surface area contributed by atoms with E-state index in [4.69, 9.17) is 0 Å². The first kappa shape index (κ1) is 8.90. The van der Waals surface area contributed by atoms with Gasteiger partial charge < -0.3 is 0 Å². The topological polar surface area (TPSA) is 73.0 Å². The van der Waals surface area contributed by atoms with Crippen LogP contribution in [-0.2, 0) is 0 Å². The summed E-state index contributed by atoms with van der Waals surface area (Å²) in [6.07, 6.45) is 0. The fourth-order valence-corrected chi connectivity index (χ4v) is 1.52. The van der Waals surface area contributed by atoms with Crippen LogP contribution in [0.5, 0.6) is 0 Å². The van der Waals surface area contributed by atoms with E-state index in [-0.39, 0.29) is 5.56 Å². The maximum absolute atomic E-state index is 11.4. The van der Waals surface area contributed by atoms with E-state index in [1.54, 1.807) is 6.92 Å². The molecule has 16 heavy (non-hydrogen) atoms. The molecule has 0 bridgehead atoms. The second kappa shape index (κ2) is 3.06. The molecule has 0 spiro atoms. The first-order valence-corrected chi connectivity index (χ1v) is 4.75. The highest BCUT2D eigenvalue weighted by Crippen LogP contribution is 2.12. The van der Waals surface area contributed by atoms with Gasteiger partial charge in [0.25, 0.3) is 5.56 Å². The van der Waals surface area contributed by atoms with Crippen molar-refractivity contribution in [3.63, 3.8) is 0 Å². The molecule has 2 heterocycles. The molecule has 3 rings (SSSR count). The highest BCUT2D eigenvalue weighted by molar-refractivity contribution is 5.89. The molecule has 6 heteroatoms. The summed E-state index contributed by atoms with van der Waals surface area (Å²) in [5.41, 5.74) is 1.10. The van der Waals surface area contributed by atoms with Gasteiger partial charge in [-0.05, 0) is 24.3 Å². The van der Waals surface area contributed by atoms with Crippen molar-refractivity contribution in [1.82, 2.24) is 25.0 Å². The normalized spacial score (nSPS) is 11.1. The van der Waals surface area contributed by atoms with E-state index in [1.807, 2.05) is 24.3 Å². The highest BCUT2D eigenvalue weighted by Gasteiger charge is 2.06. The fraction of sp³-hybridized carbons (Fsp3) is 0.100. The predicted octanol–water partition coefficient (Wildman–Crippen LogP) is 0.341. The van der Waals surface area contributed by atoms with E-state index >= 15 is 0 Å². The van der Waals surface area contributed by atoms with Crippen molar-refractivity contribution in [2.45, 2.75) is 6.92 Å². The predicted molar refractivity (Wildman–Crippen MR) is 57.1 cm³/mol. The molecule has 3 aromatic rings. The molecule has 1 aromatic carbocycles. The van der Waals surface area contributed by atoms with Gasteiger partial charge in [-0.2, -0.15) is 4.98 Å². The quantitative estimate of drug-likeness (QED) is 0.503. The lowest BCUT2D eigenvalue weighted by atomic mass is 10.2. The Morgan fingerprint density at radius 3 is 2.94 bits per heavy atom. The Balaban J connectivity index is 2.60. The van der Waals surface area contributed by atoms with E-state index in [2.05, 4.69) is 20.4 Å². The molecule has 0 fully saturated rings. The number of aryl methyl sites for hydroxylation is 1. The number of aromatic nitrogens is 5. The smallest absolute Gasteiger partial charge is 0.265 e. The molecule has 0 radical (unpaired) electrons. The zero-order valence-corrected chi connectivity index (χ0v) is 8.45. The van der Waals surface area contributed by atoms with Crippen LogP contribution in [0.1, 0.15) is 5.69 Å². The summed E-state index contributed by atoms with van der Waals surface area (Å²) in [7, 11) is 0. The highest BCUT2D eigenvalue weighted by atomic mass is 16.1. The standard InChI is InChI=1S/C10H7N5O/c1-6-10(16)11-9-7-4-2-3-5-8(7)12-14-15(9)13-6/h2-5H,1H3. The fourth-order valence-electron chi connectivity index (χ4n) is 1.52. The van der Waals surface area contributed by atoms with Gasteiger partial charge in [0.05, 0.1) is 5.52 Å². The molecule has 0 amide bonds. The summed E-state index contributed by atoms with van der Waals surface area (Å²) in [4.78, 5) is 15.4. The van der Waals surface area contributed by atoms with Gasteiger partial charge in [0.15, 0.2) is 5.65 Å². The average molecular weight is 213 g/mol. The van der Waals surface area contributed by atoms with Crippen LogP contribution in [0.3, 0.4) is 0 Å². The summed E-state index contributed by atoms with van der Waals surface area (Å²) in [6, 6.07) is 7.36. The van der Waals surface area contributed by atoms with Gasteiger partial charge in [-0.15, -0.1) is 14.8 Å². The van der Waals surface area contributed by atoms with Gasteiger partial charge in [-0.3, -0.25) is 4.79 Å². The molecule has 0 aliphatic heterocycles. The summed E-state index contributed by atoms with van der Waals surface area (Å²) in [5, 5.41) is 12.6. The molecule has 0 aliphatic rings. The first-order chi connectivity index (χ1) is 7.75. The van der Waals surface area contributed by atoms with Crippen LogP contribution >= 0.6 is 0 Å². The molecule has 2 aromatic heterocycles. The van der Waals surface area contributed by atoms with Crippen LogP contribution < -0.4 is 5.56 Å². The third kappa shape index (κ3) is 1.16. The Morgan fingerprint density at radius 1 is 1.25 bits per heavy atom. The van der Waals surface area contributed by atoms with Crippen LogP contribution in [0.25, 0.3) is 16.6 Å². The Morgan fingerprint density at radius 2 is 2.06 bits per heavy atom. The SMILES string of the molecule is Cc1nn2nnc3ccccc3c2nc1=O. The maximum atomic E-state index is 11.4. The third-order valence-corrected chi connectivity index (χ3v) is 2.33. The van der Waals surface area contributed by atoms with Gasteiger partial charge in [-0.1, -0.05) is 12.1 Å². The minimum Gasteiger partial charge on any atom is -0.265 e. The van der Waals surface area contributed by atoms with Crippen LogP contribution in [0.15, 0.2) is 29.1 Å². The van der Waals surface area contributed by atoms with Crippen molar-refractivity contribution in [3.8, 4) is 0 Å². The molecule has 0 saturated heterocycles.